The van der Waals surface area contributed by atoms with Gasteiger partial charge in [0.05, 0.1) is 18.3 Å². The Hall–Kier alpha value is -3.67. The van der Waals surface area contributed by atoms with Crippen molar-refractivity contribution in [3.05, 3.63) is 93.0 Å². The lowest BCUT2D eigenvalue weighted by molar-refractivity contribution is -0.0892. The number of carbonyl (C=O) groups excluding carboxylic acids is 2. The van der Waals surface area contributed by atoms with Crippen molar-refractivity contribution in [1.29, 1.82) is 0 Å². The summed E-state index contributed by atoms with van der Waals surface area (Å²) in [6.45, 7) is -0.837. The number of fused-ring (bicyclic) bond motifs is 2. The van der Waals surface area contributed by atoms with Crippen LogP contribution in [0.15, 0.2) is 48.5 Å². The van der Waals surface area contributed by atoms with Gasteiger partial charge in [-0.25, -0.2) is 22.4 Å². The second kappa shape index (κ2) is 9.02. The number of halogens is 5. The van der Waals surface area contributed by atoms with Crippen LogP contribution in [0, 0.1) is 11.6 Å². The normalized spacial score (nSPS) is 20.2. The molecule has 3 aromatic carbocycles. The van der Waals surface area contributed by atoms with Gasteiger partial charge < -0.3 is 21.5 Å². The number of anilines is 2. The number of alkyl halides is 2. The molecule has 3 amide bonds. The standard InChI is InChI=1S/C25H19ClF4N4O3/c26-17-3-1-12(27)7-14(17)21-20-15(22(35)33-21)5-11(9-31)6-18(20)32-24(36)34-10-25(37,23(29)30)16-8-13(28)2-4-19(16)34/h1-8,21,23,37H,9-10,31H2,(H,32,36)(H,33,35)/t21-,25-/m1/s1. The topological polar surface area (TPSA) is 108 Å². The van der Waals surface area contributed by atoms with Gasteiger partial charge in [-0.05, 0) is 54.1 Å². The first-order valence-electron chi connectivity index (χ1n) is 11.0. The molecular formula is C25H19ClF4N4O3. The number of carbonyl (C=O) groups is 2. The quantitative estimate of drug-likeness (QED) is 0.372. The molecule has 0 aliphatic carbocycles. The van der Waals surface area contributed by atoms with Crippen LogP contribution in [0.2, 0.25) is 5.02 Å². The van der Waals surface area contributed by atoms with Gasteiger partial charge in [-0.1, -0.05) is 11.6 Å². The molecule has 0 aromatic heterocycles. The second-order valence-electron chi connectivity index (χ2n) is 8.78. The molecule has 192 valence electrons. The zero-order valence-corrected chi connectivity index (χ0v) is 19.6. The molecular weight excluding hydrogens is 516 g/mol. The molecule has 12 heteroatoms. The lowest BCUT2D eigenvalue weighted by atomic mass is 9.94. The van der Waals surface area contributed by atoms with Gasteiger partial charge in [0.25, 0.3) is 12.3 Å². The van der Waals surface area contributed by atoms with Gasteiger partial charge in [0.1, 0.15) is 11.6 Å². The van der Waals surface area contributed by atoms with E-state index >= 15 is 0 Å². The summed E-state index contributed by atoms with van der Waals surface area (Å²) in [5.74, 6) is -1.97. The number of β-amino-alcohol motifs (C(OH)–C–C–N with tert-alkyl or cyclic N) is 1. The lowest BCUT2D eigenvalue weighted by Gasteiger charge is -2.24. The molecule has 0 bridgehead atoms. The molecule has 2 atom stereocenters. The first-order valence-corrected chi connectivity index (χ1v) is 11.4. The maximum absolute atomic E-state index is 14.0. The van der Waals surface area contributed by atoms with Gasteiger partial charge in [-0.2, -0.15) is 0 Å². The molecule has 2 heterocycles. The molecule has 0 saturated heterocycles. The molecule has 0 fully saturated rings. The Bertz CT molecular complexity index is 1450. The number of benzene rings is 3. The molecule has 2 aliphatic rings. The van der Waals surface area contributed by atoms with Crippen molar-refractivity contribution < 1.29 is 32.3 Å². The average molecular weight is 535 g/mol. The zero-order chi connectivity index (χ0) is 26.6. The van der Waals surface area contributed by atoms with E-state index in [0.717, 1.165) is 35.2 Å². The molecule has 5 rings (SSSR count). The Morgan fingerprint density at radius 2 is 1.89 bits per heavy atom. The van der Waals surface area contributed by atoms with Crippen LogP contribution >= 0.6 is 11.6 Å². The molecule has 0 unspecified atom stereocenters. The van der Waals surface area contributed by atoms with E-state index in [2.05, 4.69) is 10.6 Å². The minimum Gasteiger partial charge on any atom is -0.377 e. The summed E-state index contributed by atoms with van der Waals surface area (Å²) in [7, 11) is 0. The minimum absolute atomic E-state index is 0.00573. The van der Waals surface area contributed by atoms with Crippen molar-refractivity contribution in [2.24, 2.45) is 5.73 Å². The highest BCUT2D eigenvalue weighted by atomic mass is 35.5. The number of urea groups is 1. The highest BCUT2D eigenvalue weighted by molar-refractivity contribution is 6.31. The molecule has 3 aromatic rings. The Morgan fingerprint density at radius 1 is 1.19 bits per heavy atom. The number of aliphatic hydroxyl groups is 1. The maximum Gasteiger partial charge on any atom is 0.326 e. The third kappa shape index (κ3) is 4.08. The van der Waals surface area contributed by atoms with Crippen LogP contribution in [0.1, 0.15) is 38.7 Å². The number of rotatable bonds is 4. The smallest absolute Gasteiger partial charge is 0.326 e. The Balaban J connectivity index is 1.58. The van der Waals surface area contributed by atoms with Gasteiger partial charge in [0.2, 0.25) is 0 Å². The highest BCUT2D eigenvalue weighted by Gasteiger charge is 2.50. The molecule has 7 nitrogen and oxygen atoms in total. The van der Waals surface area contributed by atoms with Gasteiger partial charge in [0, 0.05) is 39.5 Å². The van der Waals surface area contributed by atoms with Crippen molar-refractivity contribution in [2.75, 3.05) is 16.8 Å². The van der Waals surface area contributed by atoms with Crippen LogP contribution in [0.5, 0.6) is 0 Å². The van der Waals surface area contributed by atoms with Gasteiger partial charge in [0.15, 0.2) is 5.60 Å². The van der Waals surface area contributed by atoms with E-state index in [1.807, 2.05) is 0 Å². The largest absolute Gasteiger partial charge is 0.377 e. The van der Waals surface area contributed by atoms with Crippen LogP contribution in [-0.2, 0) is 12.1 Å². The highest BCUT2D eigenvalue weighted by Crippen LogP contribution is 2.44. The van der Waals surface area contributed by atoms with Crippen molar-refractivity contribution >= 4 is 34.9 Å². The lowest BCUT2D eigenvalue weighted by Crippen LogP contribution is -2.43. The second-order valence-corrected chi connectivity index (χ2v) is 9.19. The number of hydrogen-bond acceptors (Lipinski definition) is 4. The zero-order valence-electron chi connectivity index (χ0n) is 18.9. The summed E-state index contributed by atoms with van der Waals surface area (Å²) in [5, 5.41) is 16.1. The average Bonchev–Trinajstić information content (AvgIpc) is 3.35. The number of amides is 3. The Labute approximate surface area is 212 Å². The van der Waals surface area contributed by atoms with Gasteiger partial charge in [-0.3, -0.25) is 9.69 Å². The van der Waals surface area contributed by atoms with E-state index in [4.69, 9.17) is 17.3 Å². The Morgan fingerprint density at radius 3 is 2.59 bits per heavy atom. The molecule has 0 radical (unpaired) electrons. The van der Waals surface area contributed by atoms with E-state index in [1.165, 1.54) is 18.2 Å². The molecule has 2 aliphatic heterocycles. The van der Waals surface area contributed by atoms with Crippen LogP contribution < -0.4 is 21.3 Å². The van der Waals surface area contributed by atoms with Crippen molar-refractivity contribution in [3.63, 3.8) is 0 Å². The number of nitrogens with two attached hydrogens (primary N) is 1. The predicted molar refractivity (Wildman–Crippen MR) is 128 cm³/mol. The van der Waals surface area contributed by atoms with Crippen molar-refractivity contribution in [3.8, 4) is 0 Å². The van der Waals surface area contributed by atoms with Crippen LogP contribution in [-0.4, -0.2) is 30.0 Å². The molecule has 0 spiro atoms. The SMILES string of the molecule is NCc1cc(NC(=O)N2C[C@](O)(C(F)F)c3cc(F)ccc32)c2c(c1)C(=O)N[C@@H]2c1cc(F)ccc1Cl. The summed E-state index contributed by atoms with van der Waals surface area (Å²) in [6, 6.07) is 7.64. The number of hydrogen-bond donors (Lipinski definition) is 4. The fourth-order valence-corrected chi connectivity index (χ4v) is 4.96. The number of nitrogens with zero attached hydrogens (tertiary/aromatic N) is 1. The van der Waals surface area contributed by atoms with Crippen molar-refractivity contribution in [2.45, 2.75) is 24.6 Å². The molecule has 37 heavy (non-hydrogen) atoms. The predicted octanol–water partition coefficient (Wildman–Crippen LogP) is 4.41. The summed E-state index contributed by atoms with van der Waals surface area (Å²) in [5.41, 5.74) is 3.69. The summed E-state index contributed by atoms with van der Waals surface area (Å²) in [6.07, 6.45) is -3.31. The minimum atomic E-state index is -3.31. The first kappa shape index (κ1) is 25.0. The fraction of sp³-hybridized carbons (Fsp3) is 0.200. The van der Waals surface area contributed by atoms with E-state index < -0.39 is 53.7 Å². The van der Waals surface area contributed by atoms with E-state index in [1.54, 1.807) is 0 Å². The van der Waals surface area contributed by atoms with E-state index in [-0.39, 0.29) is 39.6 Å². The summed E-state index contributed by atoms with van der Waals surface area (Å²) < 4.78 is 55.4. The maximum atomic E-state index is 14.0. The number of nitrogens with one attached hydrogen (secondary N) is 2. The van der Waals surface area contributed by atoms with Gasteiger partial charge >= 0.3 is 6.03 Å². The summed E-state index contributed by atoms with van der Waals surface area (Å²) in [4.78, 5) is 27.0. The molecule has 5 N–H and O–H groups in total. The van der Waals surface area contributed by atoms with Crippen LogP contribution in [0.25, 0.3) is 0 Å². The third-order valence-electron chi connectivity index (χ3n) is 6.52. The molecule has 0 saturated carbocycles. The van der Waals surface area contributed by atoms with E-state index in [0.29, 0.717) is 5.56 Å². The first-order chi connectivity index (χ1) is 17.5. The van der Waals surface area contributed by atoms with Crippen molar-refractivity contribution in [1.82, 2.24) is 5.32 Å². The summed E-state index contributed by atoms with van der Waals surface area (Å²) >= 11 is 6.28. The van der Waals surface area contributed by atoms with Crippen LogP contribution in [0.4, 0.5) is 33.7 Å². The van der Waals surface area contributed by atoms with Gasteiger partial charge in [-0.15, -0.1) is 0 Å². The fourth-order valence-electron chi connectivity index (χ4n) is 4.74. The van der Waals surface area contributed by atoms with E-state index in [9.17, 15) is 32.3 Å². The Kier molecular flexibility index (Phi) is 6.09. The third-order valence-corrected chi connectivity index (χ3v) is 6.86. The monoisotopic (exact) mass is 534 g/mol. The van der Waals surface area contributed by atoms with Crippen LogP contribution in [0.3, 0.4) is 0 Å².